The number of anilines is 3. The minimum absolute atomic E-state index is 0.00652. The summed E-state index contributed by atoms with van der Waals surface area (Å²) in [5, 5.41) is 0. The molecule has 282 valence electrons. The van der Waals surface area contributed by atoms with E-state index in [2.05, 4.69) is 213 Å². The van der Waals surface area contributed by atoms with E-state index in [0.29, 0.717) is 0 Å². The molecule has 0 aliphatic heterocycles. The lowest BCUT2D eigenvalue weighted by Crippen LogP contribution is -2.27. The molecule has 0 amide bonds. The van der Waals surface area contributed by atoms with Gasteiger partial charge in [-0.1, -0.05) is 172 Å². The van der Waals surface area contributed by atoms with Crippen molar-refractivity contribution in [3.05, 3.63) is 196 Å². The molecule has 0 unspecified atom stereocenters. The van der Waals surface area contributed by atoms with Crippen LogP contribution in [-0.4, -0.2) is 0 Å². The average Bonchev–Trinajstić information content (AvgIpc) is 3.75. The van der Waals surface area contributed by atoms with E-state index in [4.69, 9.17) is 0 Å². The van der Waals surface area contributed by atoms with Crippen LogP contribution >= 0.6 is 0 Å². The molecule has 57 heavy (non-hydrogen) atoms. The van der Waals surface area contributed by atoms with Crippen molar-refractivity contribution < 1.29 is 0 Å². The average molecular weight is 740 g/mol. The van der Waals surface area contributed by atoms with Crippen LogP contribution in [0.15, 0.2) is 146 Å². The van der Waals surface area contributed by atoms with Crippen molar-refractivity contribution in [3.63, 3.8) is 0 Å². The smallest absolute Gasteiger partial charge is 0.0726 e. The van der Waals surface area contributed by atoms with Crippen LogP contribution in [0.2, 0.25) is 0 Å². The largest absolute Gasteiger partial charge is 0.310 e. The first-order valence-electron chi connectivity index (χ1n) is 20.9. The second-order valence-electron chi connectivity index (χ2n) is 19.3. The number of fused-ring (bicyclic) bond motifs is 13. The minimum atomic E-state index is -0.465. The zero-order valence-electron chi connectivity index (χ0n) is 35.0. The summed E-state index contributed by atoms with van der Waals surface area (Å²) in [5.74, 6) is 0. The van der Waals surface area contributed by atoms with Gasteiger partial charge in [0.05, 0.1) is 5.41 Å². The predicted molar refractivity (Wildman–Crippen MR) is 242 cm³/mol. The van der Waals surface area contributed by atoms with E-state index in [1.54, 1.807) is 0 Å². The Morgan fingerprint density at radius 3 is 1.42 bits per heavy atom. The molecule has 7 aromatic carbocycles. The van der Waals surface area contributed by atoms with Crippen LogP contribution in [0.3, 0.4) is 0 Å². The second kappa shape index (κ2) is 12.2. The fourth-order valence-electron chi connectivity index (χ4n) is 10.4. The molecule has 1 heteroatoms. The Morgan fingerprint density at radius 1 is 0.404 bits per heavy atom. The number of aryl methyl sites for hydroxylation is 1. The Hall–Kier alpha value is -5.66. The molecular formula is C56H53N. The van der Waals surface area contributed by atoms with Gasteiger partial charge in [0.2, 0.25) is 0 Å². The van der Waals surface area contributed by atoms with Crippen LogP contribution in [0.1, 0.15) is 112 Å². The fraction of sp³-hybridized carbons (Fsp3) is 0.250. The summed E-state index contributed by atoms with van der Waals surface area (Å²) in [6.45, 7) is 21.0. The van der Waals surface area contributed by atoms with Gasteiger partial charge in [0.15, 0.2) is 0 Å². The fourth-order valence-corrected chi connectivity index (χ4v) is 10.4. The van der Waals surface area contributed by atoms with E-state index in [-0.39, 0.29) is 16.2 Å². The Bertz CT molecular complexity index is 2700. The predicted octanol–water partition coefficient (Wildman–Crippen LogP) is 15.0. The summed E-state index contributed by atoms with van der Waals surface area (Å²) in [4.78, 5) is 2.50. The number of rotatable bonds is 4. The van der Waals surface area contributed by atoms with Crippen molar-refractivity contribution in [1.82, 2.24) is 0 Å². The highest BCUT2D eigenvalue weighted by molar-refractivity contribution is 5.97. The van der Waals surface area contributed by atoms with E-state index < -0.39 is 5.41 Å². The summed E-state index contributed by atoms with van der Waals surface area (Å²) in [7, 11) is 0. The third kappa shape index (κ3) is 5.07. The number of hydrogen-bond donors (Lipinski definition) is 0. The van der Waals surface area contributed by atoms with Gasteiger partial charge in [-0.05, 0) is 137 Å². The third-order valence-corrected chi connectivity index (χ3v) is 13.6. The topological polar surface area (TPSA) is 3.24 Å². The van der Waals surface area contributed by atoms with Crippen molar-refractivity contribution in [2.75, 3.05) is 4.90 Å². The first kappa shape index (κ1) is 35.7. The first-order chi connectivity index (χ1) is 27.2. The van der Waals surface area contributed by atoms with E-state index in [1.807, 2.05) is 0 Å². The lowest BCUT2D eigenvalue weighted by atomic mass is 9.68. The Morgan fingerprint density at radius 2 is 0.842 bits per heavy atom. The number of nitrogens with zero attached hydrogens (tertiary/aromatic N) is 1. The van der Waals surface area contributed by atoms with Gasteiger partial charge in [-0.25, -0.2) is 0 Å². The molecule has 0 fully saturated rings. The maximum Gasteiger partial charge on any atom is 0.0726 e. The highest BCUT2D eigenvalue weighted by Gasteiger charge is 2.52. The lowest BCUT2D eigenvalue weighted by molar-refractivity contribution is 0.586. The molecular weight excluding hydrogens is 687 g/mol. The Labute approximate surface area is 340 Å². The molecule has 10 rings (SSSR count). The molecule has 0 radical (unpaired) electrons. The van der Waals surface area contributed by atoms with Crippen LogP contribution in [0.4, 0.5) is 17.1 Å². The van der Waals surface area contributed by atoms with Crippen molar-refractivity contribution >= 4 is 17.1 Å². The third-order valence-electron chi connectivity index (χ3n) is 13.6. The highest BCUT2D eigenvalue weighted by atomic mass is 15.1. The molecule has 3 aliphatic rings. The molecule has 7 aromatic rings. The Kier molecular flexibility index (Phi) is 7.63. The van der Waals surface area contributed by atoms with E-state index in [1.165, 1.54) is 101 Å². The van der Waals surface area contributed by atoms with Crippen LogP contribution in [0.25, 0.3) is 33.4 Å². The zero-order chi connectivity index (χ0) is 39.6. The normalized spacial score (nSPS) is 15.1. The van der Waals surface area contributed by atoms with E-state index >= 15 is 0 Å². The SMILES string of the molecule is CCc1ccc(N(c2ccc3c(c2)-c2ccccc2C3(C)C)c2ccc3c(c2)C2(c4ccccc4-3)c3cc(C(C)(C)C)ccc3-c3ccc(C(C)(C)C)cc32)cc1. The van der Waals surface area contributed by atoms with Gasteiger partial charge in [0, 0.05) is 22.5 Å². The van der Waals surface area contributed by atoms with Gasteiger partial charge in [0.1, 0.15) is 0 Å². The number of benzene rings is 7. The summed E-state index contributed by atoms with van der Waals surface area (Å²) in [5.41, 5.74) is 23.4. The van der Waals surface area contributed by atoms with Gasteiger partial charge in [-0.15, -0.1) is 0 Å². The molecule has 0 bridgehead atoms. The van der Waals surface area contributed by atoms with Crippen LogP contribution in [0, 0.1) is 0 Å². The molecule has 0 N–H and O–H groups in total. The van der Waals surface area contributed by atoms with Gasteiger partial charge in [-0.3, -0.25) is 0 Å². The number of hydrogen-bond acceptors (Lipinski definition) is 1. The van der Waals surface area contributed by atoms with Crippen molar-refractivity contribution in [1.29, 1.82) is 0 Å². The molecule has 0 saturated heterocycles. The standard InChI is InChI=1S/C56H53N/c1-10-35-19-23-38(24-20-35)57(39-26-30-48-46(33-39)42-16-11-13-17-47(42)55(48,8)9)40-25-29-45-41-15-12-14-18-49(41)56(52(45)34-40)50-31-36(53(2,3)4)21-27-43(50)44-28-22-37(32-51(44)56)54(5,6)7/h11-34H,10H2,1-9H3. The molecule has 0 saturated carbocycles. The highest BCUT2D eigenvalue weighted by Crippen LogP contribution is 2.64. The van der Waals surface area contributed by atoms with E-state index in [0.717, 1.165) is 6.42 Å². The van der Waals surface area contributed by atoms with E-state index in [9.17, 15) is 0 Å². The van der Waals surface area contributed by atoms with Crippen molar-refractivity contribution in [3.8, 4) is 33.4 Å². The van der Waals surface area contributed by atoms with Crippen molar-refractivity contribution in [2.45, 2.75) is 90.4 Å². The summed E-state index contributed by atoms with van der Waals surface area (Å²) >= 11 is 0. The van der Waals surface area contributed by atoms with Crippen LogP contribution in [0.5, 0.6) is 0 Å². The summed E-state index contributed by atoms with van der Waals surface area (Å²) < 4.78 is 0. The molecule has 1 nitrogen and oxygen atoms in total. The quantitative estimate of drug-likeness (QED) is 0.174. The summed E-state index contributed by atoms with van der Waals surface area (Å²) in [6.07, 6.45) is 1.01. The monoisotopic (exact) mass is 739 g/mol. The second-order valence-corrected chi connectivity index (χ2v) is 19.3. The van der Waals surface area contributed by atoms with Gasteiger partial charge in [-0.2, -0.15) is 0 Å². The van der Waals surface area contributed by atoms with Crippen LogP contribution < -0.4 is 4.90 Å². The molecule has 0 heterocycles. The van der Waals surface area contributed by atoms with Gasteiger partial charge in [0.25, 0.3) is 0 Å². The maximum atomic E-state index is 2.55. The molecule has 0 atom stereocenters. The van der Waals surface area contributed by atoms with Crippen molar-refractivity contribution in [2.24, 2.45) is 0 Å². The Balaban J connectivity index is 1.26. The summed E-state index contributed by atoms with van der Waals surface area (Å²) in [6, 6.07) is 56.6. The van der Waals surface area contributed by atoms with Gasteiger partial charge >= 0.3 is 0 Å². The molecule has 3 aliphatic carbocycles. The maximum absolute atomic E-state index is 2.55. The van der Waals surface area contributed by atoms with Crippen LogP contribution in [-0.2, 0) is 28.1 Å². The lowest BCUT2D eigenvalue weighted by Gasteiger charge is -2.34. The minimum Gasteiger partial charge on any atom is -0.310 e. The van der Waals surface area contributed by atoms with Gasteiger partial charge < -0.3 is 4.90 Å². The zero-order valence-corrected chi connectivity index (χ0v) is 35.0. The molecule has 1 spiro atoms. The molecule has 0 aromatic heterocycles. The first-order valence-corrected chi connectivity index (χ1v) is 20.9.